The second-order valence-corrected chi connectivity index (χ2v) is 5.44. The Hall–Kier alpha value is -1.03. The molecule has 2 rings (SSSR count). The minimum atomic E-state index is 0.514. The Balaban J connectivity index is 2.26. The number of aryl methyl sites for hydroxylation is 1. The van der Waals surface area contributed by atoms with E-state index in [1.165, 1.54) is 0 Å². The quantitative estimate of drug-likeness (QED) is 0.857. The van der Waals surface area contributed by atoms with E-state index in [1.807, 2.05) is 36.4 Å². The van der Waals surface area contributed by atoms with Gasteiger partial charge in [0.25, 0.3) is 0 Å². The van der Waals surface area contributed by atoms with Crippen molar-refractivity contribution in [2.75, 3.05) is 0 Å². The summed E-state index contributed by atoms with van der Waals surface area (Å²) in [5.74, 6) is 1.55. The third-order valence-corrected chi connectivity index (χ3v) is 3.85. The molecule has 2 N–H and O–H groups in total. The Labute approximate surface area is 126 Å². The Morgan fingerprint density at radius 2 is 2.00 bits per heavy atom. The summed E-state index contributed by atoms with van der Waals surface area (Å²) in [5, 5.41) is 0.771. The summed E-state index contributed by atoms with van der Waals surface area (Å²) in [6.07, 6.45) is 0.878. The van der Waals surface area contributed by atoms with Crippen molar-refractivity contribution in [3.63, 3.8) is 0 Å². The number of benzene rings is 2. The van der Waals surface area contributed by atoms with E-state index >= 15 is 0 Å². The molecule has 0 spiro atoms. The smallest absolute Gasteiger partial charge is 0.141 e. The van der Waals surface area contributed by atoms with Crippen LogP contribution in [0, 0.1) is 0 Å². The van der Waals surface area contributed by atoms with E-state index in [0.717, 1.165) is 38.5 Å². The summed E-state index contributed by atoms with van der Waals surface area (Å²) in [6, 6.07) is 11.5. The van der Waals surface area contributed by atoms with E-state index in [-0.39, 0.29) is 0 Å². The molecule has 0 heterocycles. The van der Waals surface area contributed by atoms with Gasteiger partial charge in [0.05, 0.1) is 4.47 Å². The zero-order valence-corrected chi connectivity index (χ0v) is 13.0. The first-order valence-electron chi connectivity index (χ1n) is 6.08. The first-order valence-corrected chi connectivity index (χ1v) is 7.26. The van der Waals surface area contributed by atoms with Crippen LogP contribution in [0.15, 0.2) is 40.9 Å². The maximum atomic E-state index is 6.09. The summed E-state index contributed by atoms with van der Waals surface area (Å²) in [6.45, 7) is 2.58. The molecule has 0 bridgehead atoms. The Bertz CT molecular complexity index is 586. The highest BCUT2D eigenvalue weighted by Gasteiger charge is 2.06. The lowest BCUT2D eigenvalue weighted by atomic mass is 10.1. The van der Waals surface area contributed by atoms with Crippen molar-refractivity contribution in [3.05, 3.63) is 57.0 Å². The molecule has 0 radical (unpaired) electrons. The van der Waals surface area contributed by atoms with Gasteiger partial charge in [-0.15, -0.1) is 0 Å². The molecule has 4 heteroatoms. The predicted octanol–water partition coefficient (Wildman–Crippen LogP) is 4.92. The largest absolute Gasteiger partial charge is 0.456 e. The minimum Gasteiger partial charge on any atom is -0.456 e. The van der Waals surface area contributed by atoms with Crippen molar-refractivity contribution in [1.29, 1.82) is 0 Å². The van der Waals surface area contributed by atoms with Crippen LogP contribution in [0.3, 0.4) is 0 Å². The van der Waals surface area contributed by atoms with Crippen molar-refractivity contribution in [3.8, 4) is 11.5 Å². The van der Waals surface area contributed by atoms with Gasteiger partial charge in [-0.25, -0.2) is 0 Å². The third-order valence-electron chi connectivity index (χ3n) is 2.86. The molecule has 0 atom stereocenters. The molecule has 19 heavy (non-hydrogen) atoms. The zero-order valence-electron chi connectivity index (χ0n) is 10.6. The van der Waals surface area contributed by atoms with Gasteiger partial charge in [-0.3, -0.25) is 0 Å². The molecule has 0 fully saturated rings. The molecule has 0 aromatic heterocycles. The van der Waals surface area contributed by atoms with Crippen LogP contribution in [0.2, 0.25) is 5.02 Å². The van der Waals surface area contributed by atoms with Gasteiger partial charge in [0.1, 0.15) is 11.5 Å². The van der Waals surface area contributed by atoms with Crippen molar-refractivity contribution in [2.24, 2.45) is 5.73 Å². The summed E-state index contributed by atoms with van der Waals surface area (Å²) < 4.78 is 6.75. The topological polar surface area (TPSA) is 35.2 Å². The monoisotopic (exact) mass is 339 g/mol. The van der Waals surface area contributed by atoms with Crippen LogP contribution < -0.4 is 10.5 Å². The molecule has 2 aromatic carbocycles. The van der Waals surface area contributed by atoms with Crippen LogP contribution in [0.25, 0.3) is 0 Å². The van der Waals surface area contributed by atoms with E-state index in [1.54, 1.807) is 0 Å². The van der Waals surface area contributed by atoms with Crippen LogP contribution in [-0.2, 0) is 13.0 Å². The second-order valence-electron chi connectivity index (χ2n) is 4.18. The maximum Gasteiger partial charge on any atom is 0.141 e. The molecule has 0 saturated heterocycles. The van der Waals surface area contributed by atoms with Crippen LogP contribution in [-0.4, -0.2) is 0 Å². The van der Waals surface area contributed by atoms with E-state index in [4.69, 9.17) is 22.1 Å². The highest BCUT2D eigenvalue weighted by Crippen LogP contribution is 2.32. The van der Waals surface area contributed by atoms with Crippen LogP contribution in [0.1, 0.15) is 18.1 Å². The van der Waals surface area contributed by atoms with Gasteiger partial charge < -0.3 is 10.5 Å². The molecule has 2 aromatic rings. The molecular weight excluding hydrogens is 326 g/mol. The average Bonchev–Trinajstić information content (AvgIpc) is 2.43. The summed E-state index contributed by atoms with van der Waals surface area (Å²) in [4.78, 5) is 0. The SMILES string of the molecule is CCc1cc(Oc2ccc(CN)cc2Br)ccc1Cl. The van der Waals surface area contributed by atoms with Gasteiger partial charge in [0.2, 0.25) is 0 Å². The van der Waals surface area contributed by atoms with Crippen LogP contribution in [0.5, 0.6) is 11.5 Å². The normalized spacial score (nSPS) is 10.5. The lowest BCUT2D eigenvalue weighted by molar-refractivity contribution is 0.479. The first kappa shape index (κ1) is 14.4. The molecule has 0 aliphatic carbocycles. The van der Waals surface area contributed by atoms with E-state index in [2.05, 4.69) is 22.9 Å². The highest BCUT2D eigenvalue weighted by molar-refractivity contribution is 9.10. The third kappa shape index (κ3) is 3.50. The molecule has 0 aliphatic rings. The number of rotatable bonds is 4. The maximum absolute atomic E-state index is 6.09. The summed E-state index contributed by atoms with van der Waals surface area (Å²) >= 11 is 9.58. The Morgan fingerprint density at radius 1 is 1.21 bits per heavy atom. The standard InChI is InChI=1S/C15H15BrClNO/c1-2-11-8-12(4-5-14(11)17)19-15-6-3-10(9-18)7-13(15)16/h3-8H,2,9,18H2,1H3. The molecule has 0 aliphatic heterocycles. The van der Waals surface area contributed by atoms with E-state index in [9.17, 15) is 0 Å². The molecule has 0 unspecified atom stereocenters. The van der Waals surface area contributed by atoms with Crippen molar-refractivity contribution in [2.45, 2.75) is 19.9 Å². The van der Waals surface area contributed by atoms with Crippen LogP contribution in [0.4, 0.5) is 0 Å². The van der Waals surface area contributed by atoms with Gasteiger partial charge in [0, 0.05) is 11.6 Å². The zero-order chi connectivity index (χ0) is 13.8. The fourth-order valence-corrected chi connectivity index (χ4v) is 2.52. The summed E-state index contributed by atoms with van der Waals surface area (Å²) in [7, 11) is 0. The Morgan fingerprint density at radius 3 is 2.63 bits per heavy atom. The molecule has 100 valence electrons. The molecule has 0 amide bonds. The van der Waals surface area contributed by atoms with Crippen LogP contribution >= 0.6 is 27.5 Å². The van der Waals surface area contributed by atoms with Gasteiger partial charge in [-0.1, -0.05) is 24.6 Å². The van der Waals surface area contributed by atoms with E-state index in [0.29, 0.717) is 6.54 Å². The number of nitrogens with two attached hydrogens (primary N) is 1. The van der Waals surface area contributed by atoms with Gasteiger partial charge >= 0.3 is 0 Å². The summed E-state index contributed by atoms with van der Waals surface area (Å²) in [5.41, 5.74) is 7.74. The van der Waals surface area contributed by atoms with Crippen molar-refractivity contribution in [1.82, 2.24) is 0 Å². The minimum absolute atomic E-state index is 0.514. The van der Waals surface area contributed by atoms with E-state index < -0.39 is 0 Å². The molecule has 2 nitrogen and oxygen atoms in total. The lowest BCUT2D eigenvalue weighted by Gasteiger charge is -2.10. The Kier molecular flexibility index (Phi) is 4.86. The van der Waals surface area contributed by atoms with Gasteiger partial charge in [-0.2, -0.15) is 0 Å². The fourth-order valence-electron chi connectivity index (χ4n) is 1.77. The highest BCUT2D eigenvalue weighted by atomic mass is 79.9. The molecule has 0 saturated carbocycles. The number of hydrogen-bond donors (Lipinski definition) is 1. The number of halogens is 2. The van der Waals surface area contributed by atoms with Gasteiger partial charge in [-0.05, 0) is 63.8 Å². The number of hydrogen-bond acceptors (Lipinski definition) is 2. The number of ether oxygens (including phenoxy) is 1. The fraction of sp³-hybridized carbons (Fsp3) is 0.200. The second kappa shape index (κ2) is 6.42. The van der Waals surface area contributed by atoms with Crippen molar-refractivity contribution < 1.29 is 4.74 Å². The lowest BCUT2D eigenvalue weighted by Crippen LogP contribution is -1.96. The predicted molar refractivity (Wildman–Crippen MR) is 82.9 cm³/mol. The average molecular weight is 341 g/mol. The van der Waals surface area contributed by atoms with Gasteiger partial charge in [0.15, 0.2) is 0 Å². The van der Waals surface area contributed by atoms with Crippen molar-refractivity contribution >= 4 is 27.5 Å². The molecular formula is C15H15BrClNO. The first-order chi connectivity index (χ1) is 9.13.